The minimum atomic E-state index is -0.798. The number of benzene rings is 1. The van der Waals surface area contributed by atoms with Crippen LogP contribution in [-0.2, 0) is 5.60 Å². The Hall–Kier alpha value is -1.06. The second-order valence-electron chi connectivity index (χ2n) is 5.99. The largest absolute Gasteiger partial charge is 0.494 e. The minimum Gasteiger partial charge on any atom is -0.494 e. The third-order valence-electron chi connectivity index (χ3n) is 3.29. The second-order valence-corrected chi connectivity index (χ2v) is 5.99. The van der Waals surface area contributed by atoms with E-state index < -0.39 is 5.60 Å². The number of rotatable bonds is 9. The molecule has 1 unspecified atom stereocenters. The predicted molar refractivity (Wildman–Crippen MR) is 84.1 cm³/mol. The summed E-state index contributed by atoms with van der Waals surface area (Å²) < 4.78 is 5.55. The van der Waals surface area contributed by atoms with Crippen molar-refractivity contribution in [1.82, 2.24) is 5.32 Å². The van der Waals surface area contributed by atoms with E-state index in [-0.39, 0.29) is 0 Å². The second kappa shape index (κ2) is 8.28. The first-order chi connectivity index (χ1) is 9.45. The Balaban J connectivity index is 2.49. The van der Waals surface area contributed by atoms with Crippen LogP contribution in [0.5, 0.6) is 5.75 Å². The van der Waals surface area contributed by atoms with Crippen LogP contribution in [0, 0.1) is 5.92 Å². The third kappa shape index (κ3) is 5.93. The number of aliphatic hydroxyl groups is 1. The van der Waals surface area contributed by atoms with Gasteiger partial charge in [-0.1, -0.05) is 32.9 Å². The highest BCUT2D eigenvalue weighted by Crippen LogP contribution is 2.26. The van der Waals surface area contributed by atoms with E-state index in [9.17, 15) is 5.11 Å². The normalized spacial score (nSPS) is 14.3. The van der Waals surface area contributed by atoms with Gasteiger partial charge in [-0.25, -0.2) is 0 Å². The van der Waals surface area contributed by atoms with Crippen molar-refractivity contribution in [1.29, 1.82) is 0 Å². The van der Waals surface area contributed by atoms with E-state index in [2.05, 4.69) is 26.1 Å². The molecule has 0 bridgehead atoms. The molecule has 0 spiro atoms. The molecule has 0 aliphatic rings. The van der Waals surface area contributed by atoms with Gasteiger partial charge in [-0.05, 0) is 56.5 Å². The van der Waals surface area contributed by atoms with Crippen molar-refractivity contribution in [2.24, 2.45) is 5.92 Å². The molecular weight excluding hydrogens is 250 g/mol. The first-order valence-electron chi connectivity index (χ1n) is 7.62. The molecule has 0 saturated heterocycles. The van der Waals surface area contributed by atoms with Crippen molar-refractivity contribution in [2.75, 3.05) is 19.7 Å². The minimum absolute atomic E-state index is 0.634. The highest BCUT2D eigenvalue weighted by Gasteiger charge is 2.22. The van der Waals surface area contributed by atoms with E-state index in [0.29, 0.717) is 12.3 Å². The van der Waals surface area contributed by atoms with Crippen LogP contribution in [0.1, 0.15) is 46.1 Å². The first kappa shape index (κ1) is 17.0. The molecule has 1 aromatic rings. The number of hydrogen-bond donors (Lipinski definition) is 2. The summed E-state index contributed by atoms with van der Waals surface area (Å²) in [5, 5.41) is 13.9. The van der Waals surface area contributed by atoms with Gasteiger partial charge in [0, 0.05) is 0 Å². The van der Waals surface area contributed by atoms with Crippen LogP contribution >= 0.6 is 0 Å². The topological polar surface area (TPSA) is 41.5 Å². The van der Waals surface area contributed by atoms with Crippen LogP contribution < -0.4 is 10.1 Å². The standard InChI is InChI=1S/C17H29NO2/c1-5-12-20-16-8-6-15(7-9-16)17(4,19)10-11-18-13-14(2)3/h6-9,14,18-19H,5,10-13H2,1-4H3. The van der Waals surface area contributed by atoms with Crippen molar-refractivity contribution < 1.29 is 9.84 Å². The molecule has 1 aromatic carbocycles. The average molecular weight is 279 g/mol. The molecule has 0 radical (unpaired) electrons. The molecule has 0 saturated carbocycles. The molecule has 114 valence electrons. The Labute approximate surface area is 123 Å². The number of nitrogens with one attached hydrogen (secondary N) is 1. The summed E-state index contributed by atoms with van der Waals surface area (Å²) in [7, 11) is 0. The van der Waals surface area contributed by atoms with E-state index in [1.54, 1.807) is 0 Å². The average Bonchev–Trinajstić information content (AvgIpc) is 2.42. The van der Waals surface area contributed by atoms with Crippen LogP contribution in [0.25, 0.3) is 0 Å². The lowest BCUT2D eigenvalue weighted by molar-refractivity contribution is 0.0478. The maximum absolute atomic E-state index is 10.5. The molecule has 2 N–H and O–H groups in total. The molecular formula is C17H29NO2. The quantitative estimate of drug-likeness (QED) is 0.681. The summed E-state index contributed by atoms with van der Waals surface area (Å²) in [5.74, 6) is 1.50. The van der Waals surface area contributed by atoms with E-state index in [0.717, 1.165) is 37.4 Å². The Morgan fingerprint density at radius 2 is 1.90 bits per heavy atom. The fourth-order valence-electron chi connectivity index (χ4n) is 2.00. The van der Waals surface area contributed by atoms with Gasteiger partial charge in [0.1, 0.15) is 5.75 Å². The fourth-order valence-corrected chi connectivity index (χ4v) is 2.00. The smallest absolute Gasteiger partial charge is 0.119 e. The summed E-state index contributed by atoms with van der Waals surface area (Å²) in [6.07, 6.45) is 1.70. The number of hydrogen-bond acceptors (Lipinski definition) is 3. The SMILES string of the molecule is CCCOc1ccc(C(C)(O)CCNCC(C)C)cc1. The van der Waals surface area contributed by atoms with Crippen LogP contribution in [0.4, 0.5) is 0 Å². The summed E-state index contributed by atoms with van der Waals surface area (Å²) in [5.41, 5.74) is 0.139. The molecule has 0 heterocycles. The first-order valence-corrected chi connectivity index (χ1v) is 7.62. The van der Waals surface area contributed by atoms with Crippen LogP contribution in [-0.4, -0.2) is 24.8 Å². The van der Waals surface area contributed by atoms with Gasteiger partial charge >= 0.3 is 0 Å². The number of ether oxygens (including phenoxy) is 1. The maximum Gasteiger partial charge on any atom is 0.119 e. The summed E-state index contributed by atoms with van der Waals surface area (Å²) in [6.45, 7) is 10.9. The fraction of sp³-hybridized carbons (Fsp3) is 0.647. The zero-order chi connectivity index (χ0) is 15.0. The van der Waals surface area contributed by atoms with E-state index >= 15 is 0 Å². The molecule has 3 nitrogen and oxygen atoms in total. The van der Waals surface area contributed by atoms with Gasteiger partial charge in [-0.3, -0.25) is 0 Å². The molecule has 1 rings (SSSR count). The molecule has 0 fully saturated rings. The van der Waals surface area contributed by atoms with Gasteiger partial charge in [0.05, 0.1) is 12.2 Å². The third-order valence-corrected chi connectivity index (χ3v) is 3.29. The van der Waals surface area contributed by atoms with Crippen LogP contribution in [0.3, 0.4) is 0 Å². The summed E-state index contributed by atoms with van der Waals surface area (Å²) >= 11 is 0. The molecule has 0 amide bonds. The molecule has 0 aliphatic carbocycles. The molecule has 0 aromatic heterocycles. The predicted octanol–water partition coefficient (Wildman–Crippen LogP) is 3.32. The van der Waals surface area contributed by atoms with E-state index in [4.69, 9.17) is 4.74 Å². The summed E-state index contributed by atoms with van der Waals surface area (Å²) in [6, 6.07) is 7.77. The van der Waals surface area contributed by atoms with Crippen molar-refractivity contribution in [3.8, 4) is 5.75 Å². The highest BCUT2D eigenvalue weighted by atomic mass is 16.5. The van der Waals surface area contributed by atoms with Gasteiger partial charge in [0.2, 0.25) is 0 Å². The summed E-state index contributed by atoms with van der Waals surface area (Å²) in [4.78, 5) is 0. The van der Waals surface area contributed by atoms with Gasteiger partial charge in [-0.2, -0.15) is 0 Å². The molecule has 0 aliphatic heterocycles. The van der Waals surface area contributed by atoms with Gasteiger partial charge in [0.25, 0.3) is 0 Å². The van der Waals surface area contributed by atoms with Crippen molar-refractivity contribution in [3.05, 3.63) is 29.8 Å². The maximum atomic E-state index is 10.5. The Morgan fingerprint density at radius 3 is 2.45 bits per heavy atom. The lowest BCUT2D eigenvalue weighted by Gasteiger charge is -2.24. The van der Waals surface area contributed by atoms with Gasteiger partial charge in [0.15, 0.2) is 0 Å². The van der Waals surface area contributed by atoms with E-state index in [1.807, 2.05) is 31.2 Å². The Bertz CT molecular complexity index is 371. The van der Waals surface area contributed by atoms with Crippen molar-refractivity contribution in [3.63, 3.8) is 0 Å². The Kier molecular flexibility index (Phi) is 7.03. The van der Waals surface area contributed by atoms with Gasteiger partial charge in [-0.15, -0.1) is 0 Å². The lowest BCUT2D eigenvalue weighted by atomic mass is 9.92. The molecule has 20 heavy (non-hydrogen) atoms. The zero-order valence-electron chi connectivity index (χ0n) is 13.3. The Morgan fingerprint density at radius 1 is 1.25 bits per heavy atom. The van der Waals surface area contributed by atoms with Gasteiger partial charge < -0.3 is 15.2 Å². The molecule has 3 heteroatoms. The van der Waals surface area contributed by atoms with E-state index in [1.165, 1.54) is 0 Å². The van der Waals surface area contributed by atoms with Crippen LogP contribution in [0.2, 0.25) is 0 Å². The molecule has 1 atom stereocenters. The highest BCUT2D eigenvalue weighted by molar-refractivity contribution is 5.30. The van der Waals surface area contributed by atoms with Crippen molar-refractivity contribution in [2.45, 2.75) is 46.1 Å². The monoisotopic (exact) mass is 279 g/mol. The van der Waals surface area contributed by atoms with Crippen LogP contribution in [0.15, 0.2) is 24.3 Å². The lowest BCUT2D eigenvalue weighted by Crippen LogP contribution is -2.29. The zero-order valence-corrected chi connectivity index (χ0v) is 13.3. The van der Waals surface area contributed by atoms with Crippen molar-refractivity contribution >= 4 is 0 Å².